The zero-order valence-corrected chi connectivity index (χ0v) is 17.4. The summed E-state index contributed by atoms with van der Waals surface area (Å²) in [5, 5.41) is 9.67. The van der Waals surface area contributed by atoms with E-state index in [9.17, 15) is 14.9 Å². The minimum absolute atomic E-state index is 0.0914. The maximum atomic E-state index is 13.1. The van der Waals surface area contributed by atoms with Crippen LogP contribution >= 0.6 is 0 Å². The third kappa shape index (κ3) is 3.51. The van der Waals surface area contributed by atoms with Crippen LogP contribution in [0.2, 0.25) is 0 Å². The molecule has 156 valence electrons. The summed E-state index contributed by atoms with van der Waals surface area (Å²) < 4.78 is 13.4. The van der Waals surface area contributed by atoms with Crippen LogP contribution in [-0.4, -0.2) is 28.2 Å². The van der Waals surface area contributed by atoms with Crippen LogP contribution in [0, 0.1) is 18.3 Å². The van der Waals surface area contributed by atoms with Gasteiger partial charge in [-0.2, -0.15) is 5.26 Å². The molecule has 0 aliphatic carbocycles. The quantitative estimate of drug-likeness (QED) is 0.464. The molecule has 0 atom stereocenters. The van der Waals surface area contributed by atoms with E-state index in [1.165, 1.54) is 15.0 Å². The van der Waals surface area contributed by atoms with Gasteiger partial charge in [-0.15, -0.1) is 0 Å². The van der Waals surface area contributed by atoms with Gasteiger partial charge in [0.25, 0.3) is 11.1 Å². The lowest BCUT2D eigenvalue weighted by atomic mass is 10.1. The van der Waals surface area contributed by atoms with Gasteiger partial charge in [0.15, 0.2) is 17.1 Å². The van der Waals surface area contributed by atoms with Gasteiger partial charge in [-0.3, -0.25) is 18.6 Å². The molecule has 0 aliphatic heterocycles. The molecule has 3 heterocycles. The number of nitriles is 1. The van der Waals surface area contributed by atoms with Crippen molar-refractivity contribution >= 4 is 16.7 Å². The summed E-state index contributed by atoms with van der Waals surface area (Å²) in [5.41, 5.74) is 1.63. The number of aryl methyl sites for hydroxylation is 3. The molecule has 0 spiro atoms. The number of aromatic nitrogens is 3. The summed E-state index contributed by atoms with van der Waals surface area (Å²) in [6.45, 7) is 2.12. The normalized spacial score (nSPS) is 10.9. The summed E-state index contributed by atoms with van der Waals surface area (Å²) in [6, 6.07) is 12.3. The number of ether oxygens (including phenoxy) is 2. The first-order valence-corrected chi connectivity index (χ1v) is 9.64. The van der Waals surface area contributed by atoms with Gasteiger partial charge in [-0.05, 0) is 48.7 Å². The Hall–Kier alpha value is -4.12. The molecule has 0 radical (unpaired) electrons. The van der Waals surface area contributed by atoms with E-state index in [1.54, 1.807) is 32.5 Å². The molecule has 4 rings (SSSR count). The fourth-order valence-electron chi connectivity index (χ4n) is 3.59. The van der Waals surface area contributed by atoms with E-state index >= 15 is 0 Å². The van der Waals surface area contributed by atoms with Crippen LogP contribution in [0.15, 0.2) is 52.2 Å². The highest BCUT2D eigenvalue weighted by Gasteiger charge is 2.15. The predicted molar refractivity (Wildman–Crippen MR) is 116 cm³/mol. The molecular formula is C23H20N4O4. The molecule has 1 aromatic carbocycles. The lowest BCUT2D eigenvalue weighted by Crippen LogP contribution is -2.28. The monoisotopic (exact) mass is 416 g/mol. The number of pyridine rings is 2. The molecule has 0 amide bonds. The SMILES string of the molecule is COc1ccc(CCn2c(=O)c(C#N)cc3c(=O)n4cc(C)ccc4nc32)cc1OC. The van der Waals surface area contributed by atoms with Crippen molar-refractivity contribution in [2.75, 3.05) is 14.2 Å². The van der Waals surface area contributed by atoms with E-state index in [0.29, 0.717) is 23.6 Å². The second kappa shape index (κ2) is 7.95. The molecule has 0 bridgehead atoms. The highest BCUT2D eigenvalue weighted by molar-refractivity contribution is 5.77. The van der Waals surface area contributed by atoms with Gasteiger partial charge in [0.05, 0.1) is 19.6 Å². The van der Waals surface area contributed by atoms with Crippen molar-refractivity contribution < 1.29 is 9.47 Å². The molecule has 0 fully saturated rings. The van der Waals surface area contributed by atoms with Crippen LogP contribution in [0.25, 0.3) is 16.7 Å². The third-order valence-electron chi connectivity index (χ3n) is 5.20. The average Bonchev–Trinajstić information content (AvgIpc) is 2.78. The zero-order chi connectivity index (χ0) is 22.1. The van der Waals surface area contributed by atoms with Crippen LogP contribution in [0.1, 0.15) is 16.7 Å². The van der Waals surface area contributed by atoms with E-state index < -0.39 is 5.56 Å². The first-order valence-electron chi connectivity index (χ1n) is 9.64. The molecule has 0 saturated heterocycles. The first-order chi connectivity index (χ1) is 15.0. The van der Waals surface area contributed by atoms with E-state index in [2.05, 4.69) is 4.98 Å². The minimum Gasteiger partial charge on any atom is -0.493 e. The average molecular weight is 416 g/mol. The van der Waals surface area contributed by atoms with E-state index in [4.69, 9.17) is 9.47 Å². The molecule has 0 N–H and O–H groups in total. The van der Waals surface area contributed by atoms with Gasteiger partial charge >= 0.3 is 0 Å². The van der Waals surface area contributed by atoms with Gasteiger partial charge in [0.2, 0.25) is 0 Å². The van der Waals surface area contributed by atoms with Gasteiger partial charge in [0.1, 0.15) is 17.3 Å². The maximum Gasteiger partial charge on any atom is 0.270 e. The number of methoxy groups -OCH3 is 2. The lowest BCUT2D eigenvalue weighted by molar-refractivity contribution is 0.354. The highest BCUT2D eigenvalue weighted by Crippen LogP contribution is 2.27. The van der Waals surface area contributed by atoms with Crippen LogP contribution in [0.3, 0.4) is 0 Å². The Morgan fingerprint density at radius 3 is 2.52 bits per heavy atom. The largest absolute Gasteiger partial charge is 0.493 e. The Bertz CT molecular complexity index is 1480. The number of fused-ring (bicyclic) bond motifs is 2. The Balaban J connectivity index is 1.87. The van der Waals surface area contributed by atoms with Crippen LogP contribution in [0.4, 0.5) is 0 Å². The molecule has 8 heteroatoms. The van der Waals surface area contributed by atoms with Crippen molar-refractivity contribution in [2.24, 2.45) is 0 Å². The molecule has 4 aromatic rings. The summed E-state index contributed by atoms with van der Waals surface area (Å²) in [5.74, 6) is 1.19. The Morgan fingerprint density at radius 2 is 1.81 bits per heavy atom. The number of hydrogen-bond donors (Lipinski definition) is 0. The van der Waals surface area contributed by atoms with Crippen molar-refractivity contribution in [1.29, 1.82) is 5.26 Å². The molecular weight excluding hydrogens is 396 g/mol. The molecule has 3 aromatic heterocycles. The van der Waals surface area contributed by atoms with Crippen molar-refractivity contribution in [1.82, 2.24) is 14.0 Å². The van der Waals surface area contributed by atoms with Gasteiger partial charge in [-0.25, -0.2) is 4.98 Å². The topological polar surface area (TPSA) is 98.6 Å². The standard InChI is InChI=1S/C23H20N4O4/c1-14-4-7-20-25-21-17(23(29)27(20)13-14)11-16(12-24)22(28)26(21)9-8-15-5-6-18(30-2)19(10-15)31-3/h4-7,10-11,13H,8-9H2,1-3H3. The number of hydrogen-bond acceptors (Lipinski definition) is 6. The smallest absolute Gasteiger partial charge is 0.270 e. The van der Waals surface area contributed by atoms with Crippen LogP contribution < -0.4 is 20.6 Å². The molecule has 0 aliphatic rings. The van der Waals surface area contributed by atoms with Crippen molar-refractivity contribution in [2.45, 2.75) is 19.9 Å². The van der Waals surface area contributed by atoms with E-state index in [1.807, 2.05) is 31.2 Å². The van der Waals surface area contributed by atoms with Crippen molar-refractivity contribution in [3.8, 4) is 17.6 Å². The van der Waals surface area contributed by atoms with Crippen LogP contribution in [0.5, 0.6) is 11.5 Å². The van der Waals surface area contributed by atoms with Crippen LogP contribution in [-0.2, 0) is 13.0 Å². The zero-order valence-electron chi connectivity index (χ0n) is 17.4. The van der Waals surface area contributed by atoms with Gasteiger partial charge < -0.3 is 9.47 Å². The summed E-state index contributed by atoms with van der Waals surface area (Å²) in [4.78, 5) is 30.5. The van der Waals surface area contributed by atoms with E-state index in [0.717, 1.165) is 11.1 Å². The third-order valence-corrected chi connectivity index (χ3v) is 5.20. The maximum absolute atomic E-state index is 13.1. The summed E-state index contributed by atoms with van der Waals surface area (Å²) in [6.07, 6.45) is 2.16. The first kappa shape index (κ1) is 20.2. The Labute approximate surface area is 177 Å². The number of benzene rings is 1. The second-order valence-electron chi connectivity index (χ2n) is 7.15. The predicted octanol–water partition coefficient (Wildman–Crippen LogP) is 2.45. The number of rotatable bonds is 5. The van der Waals surface area contributed by atoms with E-state index in [-0.39, 0.29) is 28.7 Å². The highest BCUT2D eigenvalue weighted by atomic mass is 16.5. The number of nitrogens with zero attached hydrogens (tertiary/aromatic N) is 4. The second-order valence-corrected chi connectivity index (χ2v) is 7.15. The van der Waals surface area contributed by atoms with Crippen molar-refractivity contribution in [3.63, 3.8) is 0 Å². The van der Waals surface area contributed by atoms with Gasteiger partial charge in [0, 0.05) is 12.7 Å². The summed E-state index contributed by atoms with van der Waals surface area (Å²) >= 11 is 0. The molecule has 0 saturated carbocycles. The molecule has 31 heavy (non-hydrogen) atoms. The fourth-order valence-corrected chi connectivity index (χ4v) is 3.59. The van der Waals surface area contributed by atoms with Gasteiger partial charge in [-0.1, -0.05) is 12.1 Å². The lowest BCUT2D eigenvalue weighted by Gasteiger charge is -2.13. The summed E-state index contributed by atoms with van der Waals surface area (Å²) in [7, 11) is 3.12. The minimum atomic E-state index is -0.473. The van der Waals surface area contributed by atoms with Crippen molar-refractivity contribution in [3.05, 3.63) is 80.0 Å². The Morgan fingerprint density at radius 1 is 1.03 bits per heavy atom. The fraction of sp³-hybridized carbons (Fsp3) is 0.217. The molecule has 8 nitrogen and oxygen atoms in total. The molecule has 0 unspecified atom stereocenters. The Kier molecular flexibility index (Phi) is 5.17.